The summed E-state index contributed by atoms with van der Waals surface area (Å²) in [6.45, 7) is 5.30. The van der Waals surface area contributed by atoms with Crippen molar-refractivity contribution in [1.82, 2.24) is 14.8 Å². The van der Waals surface area contributed by atoms with Crippen LogP contribution in [0.4, 0.5) is 11.4 Å². The van der Waals surface area contributed by atoms with Crippen molar-refractivity contribution in [3.63, 3.8) is 0 Å². The lowest BCUT2D eigenvalue weighted by Gasteiger charge is -2.23. The van der Waals surface area contributed by atoms with Crippen molar-refractivity contribution in [2.45, 2.75) is 20.8 Å². The summed E-state index contributed by atoms with van der Waals surface area (Å²) < 4.78 is 27.3. The third kappa shape index (κ3) is 4.80. The molecule has 0 radical (unpaired) electrons. The summed E-state index contributed by atoms with van der Waals surface area (Å²) in [7, 11) is -3.63. The number of amides is 1. The monoisotopic (exact) mass is 413 g/mol. The third-order valence-electron chi connectivity index (χ3n) is 4.33. The number of pyridine rings is 1. The minimum Gasteiger partial charge on any atom is -0.323 e. The summed E-state index contributed by atoms with van der Waals surface area (Å²) in [6.07, 6.45) is 2.60. The Morgan fingerprint density at radius 1 is 1.14 bits per heavy atom. The molecule has 0 saturated heterocycles. The van der Waals surface area contributed by atoms with E-state index in [1.165, 1.54) is 6.20 Å². The minimum absolute atomic E-state index is 0.330. The molecule has 152 valence electrons. The number of nitrogens with zero attached hydrogens (tertiary/aromatic N) is 4. The van der Waals surface area contributed by atoms with E-state index < -0.39 is 15.9 Å². The Balaban J connectivity index is 1.75. The lowest BCUT2D eigenvalue weighted by Crippen LogP contribution is -2.37. The number of carbonyl (C=O) groups is 1. The van der Waals surface area contributed by atoms with Gasteiger partial charge in [-0.15, -0.1) is 0 Å². The first-order chi connectivity index (χ1) is 13.6. The average molecular weight is 414 g/mol. The van der Waals surface area contributed by atoms with Crippen LogP contribution in [0.25, 0.3) is 5.82 Å². The zero-order valence-corrected chi connectivity index (χ0v) is 17.6. The number of benzene rings is 1. The van der Waals surface area contributed by atoms with Gasteiger partial charge in [-0.1, -0.05) is 18.2 Å². The van der Waals surface area contributed by atoms with Gasteiger partial charge < -0.3 is 5.32 Å². The van der Waals surface area contributed by atoms with Gasteiger partial charge in [-0.25, -0.2) is 18.1 Å². The molecule has 0 spiro atoms. The van der Waals surface area contributed by atoms with Crippen LogP contribution < -0.4 is 9.62 Å². The highest BCUT2D eigenvalue weighted by molar-refractivity contribution is 7.92. The van der Waals surface area contributed by atoms with Crippen LogP contribution in [0.1, 0.15) is 17.0 Å². The molecular formula is C20H23N5O3S. The molecule has 8 nitrogen and oxygen atoms in total. The molecule has 1 amide bonds. The SMILES string of the molecule is Cc1cc(C)n(-c2ccc(NC(=O)CN(c3ccccc3C)S(C)(=O)=O)cn2)n1. The van der Waals surface area contributed by atoms with Crippen molar-refractivity contribution in [1.29, 1.82) is 0 Å². The van der Waals surface area contributed by atoms with Gasteiger partial charge in [0.1, 0.15) is 6.54 Å². The molecule has 0 saturated carbocycles. The van der Waals surface area contributed by atoms with E-state index in [1.54, 1.807) is 41.9 Å². The molecule has 0 fully saturated rings. The topological polar surface area (TPSA) is 97.2 Å². The lowest BCUT2D eigenvalue weighted by molar-refractivity contribution is -0.114. The molecule has 0 aliphatic heterocycles. The number of rotatable bonds is 6. The van der Waals surface area contributed by atoms with Gasteiger partial charge in [-0.05, 0) is 50.6 Å². The first-order valence-electron chi connectivity index (χ1n) is 8.98. The maximum atomic E-state index is 12.5. The number of nitrogens with one attached hydrogen (secondary N) is 1. The summed E-state index contributed by atoms with van der Waals surface area (Å²) in [5.41, 5.74) is 3.55. The number of hydrogen-bond acceptors (Lipinski definition) is 5. The first kappa shape index (κ1) is 20.5. The summed E-state index contributed by atoms with van der Waals surface area (Å²) in [5, 5.41) is 7.07. The quantitative estimate of drug-likeness (QED) is 0.670. The van der Waals surface area contributed by atoms with Crippen molar-refractivity contribution >= 4 is 27.3 Å². The van der Waals surface area contributed by atoms with E-state index >= 15 is 0 Å². The summed E-state index contributed by atoms with van der Waals surface area (Å²) in [4.78, 5) is 16.8. The zero-order valence-electron chi connectivity index (χ0n) is 16.7. The Kier molecular flexibility index (Phi) is 5.69. The van der Waals surface area contributed by atoms with Crippen molar-refractivity contribution in [3.8, 4) is 5.82 Å². The molecule has 0 aliphatic carbocycles. The second kappa shape index (κ2) is 8.04. The van der Waals surface area contributed by atoms with Crippen LogP contribution in [0, 0.1) is 20.8 Å². The average Bonchev–Trinajstić information content (AvgIpc) is 2.98. The van der Waals surface area contributed by atoms with Crippen LogP contribution in [0.3, 0.4) is 0 Å². The molecule has 3 rings (SSSR count). The molecular weight excluding hydrogens is 390 g/mol. The van der Waals surface area contributed by atoms with Crippen molar-refractivity contribution < 1.29 is 13.2 Å². The van der Waals surface area contributed by atoms with Gasteiger partial charge in [-0.2, -0.15) is 5.10 Å². The van der Waals surface area contributed by atoms with Gasteiger partial charge in [0.15, 0.2) is 5.82 Å². The Morgan fingerprint density at radius 3 is 2.41 bits per heavy atom. The maximum absolute atomic E-state index is 12.5. The minimum atomic E-state index is -3.63. The molecule has 0 bridgehead atoms. The Hall–Kier alpha value is -3.20. The van der Waals surface area contributed by atoms with Crippen LogP contribution >= 0.6 is 0 Å². The molecule has 9 heteroatoms. The molecule has 1 aromatic carbocycles. The van der Waals surface area contributed by atoms with Gasteiger partial charge in [-0.3, -0.25) is 9.10 Å². The van der Waals surface area contributed by atoms with Gasteiger partial charge in [0.05, 0.1) is 29.5 Å². The van der Waals surface area contributed by atoms with Gasteiger partial charge in [0, 0.05) is 5.69 Å². The van der Waals surface area contributed by atoms with Gasteiger partial charge >= 0.3 is 0 Å². The fourth-order valence-electron chi connectivity index (χ4n) is 3.00. The van der Waals surface area contributed by atoms with Crippen LogP contribution in [0.2, 0.25) is 0 Å². The molecule has 1 N–H and O–H groups in total. The predicted octanol–water partition coefficient (Wildman–Crippen LogP) is 2.60. The van der Waals surface area contributed by atoms with E-state index in [2.05, 4.69) is 15.4 Å². The third-order valence-corrected chi connectivity index (χ3v) is 5.46. The second-order valence-corrected chi connectivity index (χ2v) is 8.76. The number of aromatic nitrogens is 3. The van der Waals surface area contributed by atoms with Crippen LogP contribution in [0.5, 0.6) is 0 Å². The summed E-state index contributed by atoms with van der Waals surface area (Å²) in [5.74, 6) is 0.172. The first-order valence-corrected chi connectivity index (χ1v) is 10.8. The zero-order chi connectivity index (χ0) is 21.2. The highest BCUT2D eigenvalue weighted by atomic mass is 32.2. The van der Waals surface area contributed by atoms with E-state index in [0.717, 1.165) is 27.5 Å². The van der Waals surface area contributed by atoms with E-state index in [0.29, 0.717) is 17.2 Å². The van der Waals surface area contributed by atoms with Crippen molar-refractivity contribution in [2.24, 2.45) is 0 Å². The van der Waals surface area contributed by atoms with Crippen LogP contribution in [-0.4, -0.2) is 41.9 Å². The molecule has 0 aliphatic rings. The van der Waals surface area contributed by atoms with Gasteiger partial charge in [0.2, 0.25) is 15.9 Å². The number of aryl methyl sites for hydroxylation is 3. The molecule has 2 aromatic heterocycles. The van der Waals surface area contributed by atoms with E-state index in [4.69, 9.17) is 0 Å². The summed E-state index contributed by atoms with van der Waals surface area (Å²) in [6, 6.07) is 12.4. The molecule has 3 aromatic rings. The van der Waals surface area contributed by atoms with Crippen LogP contribution in [-0.2, 0) is 14.8 Å². The summed E-state index contributed by atoms with van der Waals surface area (Å²) >= 11 is 0. The fraction of sp³-hybridized carbons (Fsp3) is 0.250. The van der Waals surface area contributed by atoms with Crippen molar-refractivity contribution in [2.75, 3.05) is 22.4 Å². The van der Waals surface area contributed by atoms with Crippen molar-refractivity contribution in [3.05, 3.63) is 65.6 Å². The normalized spacial score (nSPS) is 11.3. The maximum Gasteiger partial charge on any atom is 0.245 e. The number of hydrogen-bond donors (Lipinski definition) is 1. The highest BCUT2D eigenvalue weighted by Crippen LogP contribution is 2.22. The Labute approximate surface area is 170 Å². The lowest BCUT2D eigenvalue weighted by atomic mass is 10.2. The van der Waals surface area contributed by atoms with Gasteiger partial charge in [0.25, 0.3) is 0 Å². The van der Waals surface area contributed by atoms with Crippen LogP contribution in [0.15, 0.2) is 48.7 Å². The highest BCUT2D eigenvalue weighted by Gasteiger charge is 2.22. The number of anilines is 2. The van der Waals surface area contributed by atoms with E-state index in [1.807, 2.05) is 26.0 Å². The second-order valence-electron chi connectivity index (χ2n) is 6.85. The Morgan fingerprint density at radius 2 is 1.86 bits per heavy atom. The number of carbonyl (C=O) groups excluding carboxylic acids is 1. The molecule has 2 heterocycles. The number of para-hydroxylation sites is 1. The number of sulfonamides is 1. The smallest absolute Gasteiger partial charge is 0.245 e. The standard InChI is InChI=1S/C20H23N5O3S/c1-14-7-5-6-8-18(14)24(29(4,27)28)13-20(26)22-17-9-10-19(21-12-17)25-16(3)11-15(2)23-25/h5-12H,13H2,1-4H3,(H,22,26). The molecule has 29 heavy (non-hydrogen) atoms. The largest absolute Gasteiger partial charge is 0.323 e. The predicted molar refractivity (Wildman–Crippen MR) is 113 cm³/mol. The Bertz CT molecular complexity index is 1140. The molecule has 0 unspecified atom stereocenters. The van der Waals surface area contributed by atoms with E-state index in [-0.39, 0.29) is 6.54 Å². The van der Waals surface area contributed by atoms with E-state index in [9.17, 15) is 13.2 Å². The molecule has 0 atom stereocenters. The fourth-order valence-corrected chi connectivity index (χ4v) is 3.92.